The smallest absolute Gasteiger partial charge is 0.157 e. The van der Waals surface area contributed by atoms with Crippen LogP contribution in [0.4, 0.5) is 0 Å². The standard InChI is InChI=1S/C14H26O3Si/c1-18(2,3)12-9-13(15)7-6-11-17-14-8-4-5-10-16-14/h13-15H,4-8,10-11H2,1-3H3. The summed E-state index contributed by atoms with van der Waals surface area (Å²) in [7, 11) is -1.37. The Hall–Kier alpha value is -0.343. The third-order valence-electron chi connectivity index (χ3n) is 2.68. The van der Waals surface area contributed by atoms with Crippen molar-refractivity contribution in [3.63, 3.8) is 0 Å². The summed E-state index contributed by atoms with van der Waals surface area (Å²) in [4.78, 5) is 0. The van der Waals surface area contributed by atoms with Crippen molar-refractivity contribution in [3.05, 3.63) is 0 Å². The van der Waals surface area contributed by atoms with Crippen LogP contribution in [-0.2, 0) is 9.47 Å². The summed E-state index contributed by atoms with van der Waals surface area (Å²) >= 11 is 0. The molecule has 0 aromatic heterocycles. The van der Waals surface area contributed by atoms with E-state index >= 15 is 0 Å². The molecule has 2 atom stereocenters. The van der Waals surface area contributed by atoms with Crippen LogP contribution in [0.2, 0.25) is 19.6 Å². The molecule has 4 heteroatoms. The highest BCUT2D eigenvalue weighted by Gasteiger charge is 2.13. The van der Waals surface area contributed by atoms with E-state index in [1.54, 1.807) is 0 Å². The predicted molar refractivity (Wildman–Crippen MR) is 75.9 cm³/mol. The molecule has 1 N–H and O–H groups in total. The Kier molecular flexibility index (Phi) is 6.94. The third-order valence-corrected chi connectivity index (χ3v) is 3.57. The molecule has 104 valence electrons. The number of ether oxygens (including phenoxy) is 2. The minimum atomic E-state index is -1.37. The van der Waals surface area contributed by atoms with Gasteiger partial charge in [0.05, 0.1) is 0 Å². The number of aliphatic hydroxyl groups excluding tert-OH is 1. The summed E-state index contributed by atoms with van der Waals surface area (Å²) < 4.78 is 11.1. The Morgan fingerprint density at radius 2 is 2.17 bits per heavy atom. The van der Waals surface area contributed by atoms with Crippen molar-refractivity contribution in [2.75, 3.05) is 13.2 Å². The SMILES string of the molecule is C[Si](C)(C)C#CC(O)CCCOC1CCCCO1. The molecule has 0 bridgehead atoms. The second kappa shape index (κ2) is 7.95. The Balaban J connectivity index is 2.07. The molecule has 1 rings (SSSR count). The van der Waals surface area contributed by atoms with E-state index in [1.807, 2.05) is 0 Å². The molecule has 0 aromatic carbocycles. The molecule has 1 fully saturated rings. The molecule has 1 heterocycles. The Bertz CT molecular complexity index is 282. The predicted octanol–water partition coefficient (Wildman–Crippen LogP) is 2.55. The van der Waals surface area contributed by atoms with Gasteiger partial charge in [0.1, 0.15) is 14.2 Å². The fraction of sp³-hybridized carbons (Fsp3) is 0.857. The normalized spacial score (nSPS) is 22.1. The van der Waals surface area contributed by atoms with Gasteiger partial charge in [0.25, 0.3) is 0 Å². The Morgan fingerprint density at radius 1 is 1.39 bits per heavy atom. The summed E-state index contributed by atoms with van der Waals surface area (Å²) in [5.74, 6) is 2.94. The fourth-order valence-corrected chi connectivity index (χ4v) is 2.31. The van der Waals surface area contributed by atoms with E-state index in [2.05, 4.69) is 31.1 Å². The highest BCUT2D eigenvalue weighted by atomic mass is 28.3. The van der Waals surface area contributed by atoms with Crippen LogP contribution in [0.3, 0.4) is 0 Å². The molecule has 1 aliphatic rings. The monoisotopic (exact) mass is 270 g/mol. The van der Waals surface area contributed by atoms with Crippen LogP contribution in [0, 0.1) is 11.5 Å². The Labute approximate surface area is 112 Å². The lowest BCUT2D eigenvalue weighted by Gasteiger charge is -2.22. The molecule has 0 amide bonds. The number of aliphatic hydroxyl groups is 1. The number of rotatable bonds is 5. The van der Waals surface area contributed by atoms with Crippen molar-refractivity contribution in [1.29, 1.82) is 0 Å². The van der Waals surface area contributed by atoms with Crippen molar-refractivity contribution >= 4 is 8.07 Å². The maximum Gasteiger partial charge on any atom is 0.157 e. The van der Waals surface area contributed by atoms with Crippen molar-refractivity contribution in [2.45, 2.75) is 64.1 Å². The molecular weight excluding hydrogens is 244 g/mol. The zero-order valence-corrected chi connectivity index (χ0v) is 12.9. The van der Waals surface area contributed by atoms with Gasteiger partial charge in [-0.15, -0.1) is 5.54 Å². The number of hydrogen-bond donors (Lipinski definition) is 1. The summed E-state index contributed by atoms with van der Waals surface area (Å²) in [5.41, 5.74) is 3.19. The summed E-state index contributed by atoms with van der Waals surface area (Å²) in [5, 5.41) is 9.71. The molecule has 0 aliphatic carbocycles. The second-order valence-electron chi connectivity index (χ2n) is 5.84. The lowest BCUT2D eigenvalue weighted by atomic mass is 10.2. The van der Waals surface area contributed by atoms with Gasteiger partial charge in [-0.1, -0.05) is 25.6 Å². The van der Waals surface area contributed by atoms with Crippen LogP contribution < -0.4 is 0 Å². The first-order valence-electron chi connectivity index (χ1n) is 6.91. The number of hydrogen-bond acceptors (Lipinski definition) is 3. The van der Waals surface area contributed by atoms with Gasteiger partial charge in [-0.25, -0.2) is 0 Å². The largest absolute Gasteiger partial charge is 0.380 e. The maximum atomic E-state index is 9.71. The fourth-order valence-electron chi connectivity index (χ4n) is 1.71. The van der Waals surface area contributed by atoms with Gasteiger partial charge in [-0.05, 0) is 32.1 Å². The minimum absolute atomic E-state index is 0.0241. The average molecular weight is 270 g/mol. The lowest BCUT2D eigenvalue weighted by molar-refractivity contribution is -0.163. The maximum absolute atomic E-state index is 9.71. The topological polar surface area (TPSA) is 38.7 Å². The lowest BCUT2D eigenvalue weighted by Crippen LogP contribution is -2.23. The van der Waals surface area contributed by atoms with Crippen LogP contribution in [0.1, 0.15) is 32.1 Å². The first kappa shape index (κ1) is 15.7. The van der Waals surface area contributed by atoms with Crippen molar-refractivity contribution in [1.82, 2.24) is 0 Å². The summed E-state index contributed by atoms with van der Waals surface area (Å²) in [6, 6.07) is 0. The van der Waals surface area contributed by atoms with Crippen LogP contribution >= 0.6 is 0 Å². The van der Waals surface area contributed by atoms with E-state index in [0.29, 0.717) is 13.0 Å². The Morgan fingerprint density at radius 3 is 2.78 bits per heavy atom. The average Bonchev–Trinajstić information content (AvgIpc) is 2.33. The van der Waals surface area contributed by atoms with Gasteiger partial charge >= 0.3 is 0 Å². The molecule has 18 heavy (non-hydrogen) atoms. The van der Waals surface area contributed by atoms with E-state index < -0.39 is 14.2 Å². The first-order valence-corrected chi connectivity index (χ1v) is 10.4. The van der Waals surface area contributed by atoms with Gasteiger partial charge in [0.15, 0.2) is 6.29 Å². The van der Waals surface area contributed by atoms with Crippen molar-refractivity contribution in [3.8, 4) is 11.5 Å². The van der Waals surface area contributed by atoms with E-state index in [9.17, 15) is 5.11 Å². The van der Waals surface area contributed by atoms with E-state index in [-0.39, 0.29) is 6.29 Å². The third kappa shape index (κ3) is 7.88. The van der Waals surface area contributed by atoms with E-state index in [0.717, 1.165) is 25.9 Å². The highest BCUT2D eigenvalue weighted by Crippen LogP contribution is 2.14. The summed E-state index contributed by atoms with van der Waals surface area (Å²) in [6.45, 7) is 7.99. The highest BCUT2D eigenvalue weighted by molar-refractivity contribution is 6.83. The van der Waals surface area contributed by atoms with Gasteiger partial charge in [0, 0.05) is 13.2 Å². The molecule has 1 aliphatic heterocycles. The molecule has 0 aromatic rings. The van der Waals surface area contributed by atoms with Gasteiger partial charge in [-0.2, -0.15) is 0 Å². The van der Waals surface area contributed by atoms with Crippen molar-refractivity contribution in [2.24, 2.45) is 0 Å². The molecule has 1 saturated heterocycles. The quantitative estimate of drug-likeness (QED) is 0.474. The van der Waals surface area contributed by atoms with Gasteiger partial charge in [0.2, 0.25) is 0 Å². The van der Waals surface area contributed by atoms with Crippen LogP contribution in [0.25, 0.3) is 0 Å². The van der Waals surface area contributed by atoms with E-state index in [4.69, 9.17) is 9.47 Å². The zero-order chi connectivity index (χ0) is 13.4. The second-order valence-corrected chi connectivity index (χ2v) is 10.6. The van der Waals surface area contributed by atoms with Crippen molar-refractivity contribution < 1.29 is 14.6 Å². The van der Waals surface area contributed by atoms with Crippen LogP contribution in [0.5, 0.6) is 0 Å². The summed E-state index contributed by atoms with van der Waals surface area (Å²) in [6.07, 6.45) is 4.32. The zero-order valence-electron chi connectivity index (χ0n) is 11.9. The molecule has 0 radical (unpaired) electrons. The van der Waals surface area contributed by atoms with Gasteiger partial charge in [-0.3, -0.25) is 0 Å². The molecular formula is C14H26O3Si. The molecule has 3 nitrogen and oxygen atoms in total. The van der Waals surface area contributed by atoms with Crippen LogP contribution in [-0.4, -0.2) is 38.8 Å². The van der Waals surface area contributed by atoms with E-state index in [1.165, 1.54) is 6.42 Å². The van der Waals surface area contributed by atoms with Crippen LogP contribution in [0.15, 0.2) is 0 Å². The molecule has 2 unspecified atom stereocenters. The molecule has 0 spiro atoms. The molecule has 0 saturated carbocycles. The first-order chi connectivity index (χ1) is 8.47. The van der Waals surface area contributed by atoms with Gasteiger partial charge < -0.3 is 14.6 Å². The minimum Gasteiger partial charge on any atom is -0.380 e.